The lowest BCUT2D eigenvalue weighted by Crippen LogP contribution is -2.37. The van der Waals surface area contributed by atoms with Gasteiger partial charge in [-0.25, -0.2) is 4.98 Å². The van der Waals surface area contributed by atoms with Gasteiger partial charge in [-0.15, -0.1) is 0 Å². The maximum Gasteiger partial charge on any atom is 0.120 e. The van der Waals surface area contributed by atoms with Gasteiger partial charge in [0.1, 0.15) is 11.4 Å². The van der Waals surface area contributed by atoms with Gasteiger partial charge in [0.2, 0.25) is 0 Å². The summed E-state index contributed by atoms with van der Waals surface area (Å²) in [5.41, 5.74) is 1.79. The van der Waals surface area contributed by atoms with E-state index < -0.39 is 10.0 Å². The summed E-state index contributed by atoms with van der Waals surface area (Å²) >= 11 is 0. The van der Waals surface area contributed by atoms with E-state index in [9.17, 15) is 0 Å². The number of fused-ring (bicyclic) bond motifs is 1. The van der Waals surface area contributed by atoms with Gasteiger partial charge >= 0.3 is 0 Å². The normalized spacial score (nSPS) is 16.1. The minimum absolute atomic E-state index is 0.730. The standard InChI is InChI=1S/C21H28N2O2S/c1-26(2,3)16-9-19-6-5-18-17-20(7-8-21(18)22-19)25-13-4-10-23-11-14-24-15-12-23/h5-8,17H,4,10-15H2,1-3H3. The molecule has 1 saturated heterocycles. The maximum atomic E-state index is 5.92. The summed E-state index contributed by atoms with van der Waals surface area (Å²) < 4.78 is 11.3. The molecule has 0 amide bonds. The second kappa shape index (κ2) is 8.77. The lowest BCUT2D eigenvalue weighted by atomic mass is 10.2. The van der Waals surface area contributed by atoms with Crippen molar-refractivity contribution in [3.63, 3.8) is 0 Å². The maximum absolute atomic E-state index is 5.92. The van der Waals surface area contributed by atoms with Gasteiger partial charge in [0, 0.05) is 25.0 Å². The van der Waals surface area contributed by atoms with Crippen LogP contribution in [-0.2, 0) is 4.74 Å². The third-order valence-corrected chi connectivity index (χ3v) is 4.85. The highest BCUT2D eigenvalue weighted by Gasteiger charge is 2.09. The molecular formula is C21H28N2O2S. The average molecular weight is 373 g/mol. The molecule has 2 aromatic rings. The molecule has 26 heavy (non-hydrogen) atoms. The molecule has 0 saturated carbocycles. The summed E-state index contributed by atoms with van der Waals surface area (Å²) in [5, 5.41) is 4.40. The Labute approximate surface area is 158 Å². The van der Waals surface area contributed by atoms with E-state index in [1.165, 1.54) is 0 Å². The lowest BCUT2D eigenvalue weighted by molar-refractivity contribution is 0.0358. The van der Waals surface area contributed by atoms with E-state index in [0.717, 1.165) is 68.2 Å². The second-order valence-corrected chi connectivity index (χ2v) is 11.1. The summed E-state index contributed by atoms with van der Waals surface area (Å²) in [5.74, 6) is 4.10. The minimum Gasteiger partial charge on any atom is -0.494 e. The number of benzene rings is 1. The number of morpholine rings is 1. The molecule has 0 bridgehead atoms. The second-order valence-electron chi connectivity index (χ2n) is 7.27. The minimum atomic E-state index is -0.835. The van der Waals surface area contributed by atoms with E-state index in [1.54, 1.807) is 0 Å². The van der Waals surface area contributed by atoms with Gasteiger partial charge in [-0.3, -0.25) is 4.90 Å². The molecule has 4 nitrogen and oxygen atoms in total. The first-order valence-electron chi connectivity index (χ1n) is 9.04. The Balaban J connectivity index is 1.56. The zero-order valence-corrected chi connectivity index (χ0v) is 16.8. The third kappa shape index (κ3) is 5.91. The van der Waals surface area contributed by atoms with Gasteiger partial charge in [0.15, 0.2) is 0 Å². The van der Waals surface area contributed by atoms with Crippen molar-refractivity contribution >= 4 is 20.9 Å². The molecular weight excluding hydrogens is 344 g/mol. The van der Waals surface area contributed by atoms with Crippen LogP contribution in [0.3, 0.4) is 0 Å². The van der Waals surface area contributed by atoms with Gasteiger partial charge in [-0.1, -0.05) is 0 Å². The molecule has 1 fully saturated rings. The van der Waals surface area contributed by atoms with Crippen LogP contribution in [0.25, 0.3) is 10.9 Å². The summed E-state index contributed by atoms with van der Waals surface area (Å²) in [6.45, 7) is 5.56. The van der Waals surface area contributed by atoms with Crippen LogP contribution in [0.5, 0.6) is 5.75 Å². The van der Waals surface area contributed by atoms with E-state index in [4.69, 9.17) is 9.47 Å². The SMILES string of the molecule is CS(C)(C)C#Cc1ccc2cc(OCCCN3CCOCC3)ccc2n1. The third-order valence-electron chi connectivity index (χ3n) is 4.14. The molecule has 140 valence electrons. The molecule has 5 heteroatoms. The zero-order chi connectivity index (χ0) is 18.4. The predicted octanol–water partition coefficient (Wildman–Crippen LogP) is 3.34. The highest BCUT2D eigenvalue weighted by molar-refractivity contribution is 8.35. The van der Waals surface area contributed by atoms with Crippen LogP contribution in [0.4, 0.5) is 0 Å². The molecule has 0 N–H and O–H groups in total. The summed E-state index contributed by atoms with van der Waals surface area (Å²) in [4.78, 5) is 7.07. The lowest BCUT2D eigenvalue weighted by Gasteiger charge is -2.26. The van der Waals surface area contributed by atoms with Crippen LogP contribution in [-0.4, -0.2) is 68.1 Å². The van der Waals surface area contributed by atoms with E-state index in [-0.39, 0.29) is 0 Å². The Morgan fingerprint density at radius 1 is 1.15 bits per heavy atom. The fourth-order valence-corrected chi connectivity index (χ4v) is 3.18. The molecule has 1 aliphatic heterocycles. The fourth-order valence-electron chi connectivity index (χ4n) is 2.77. The van der Waals surface area contributed by atoms with E-state index in [0.29, 0.717) is 0 Å². The summed E-state index contributed by atoms with van der Waals surface area (Å²) in [6, 6.07) is 10.1. The van der Waals surface area contributed by atoms with Gasteiger partial charge in [0.05, 0.1) is 25.3 Å². The molecule has 0 radical (unpaired) electrons. The molecule has 0 aliphatic carbocycles. The number of hydrogen-bond donors (Lipinski definition) is 0. The molecule has 1 aromatic heterocycles. The van der Waals surface area contributed by atoms with Crippen LogP contribution in [0.1, 0.15) is 12.1 Å². The molecule has 1 aromatic carbocycles. The topological polar surface area (TPSA) is 34.6 Å². The number of aromatic nitrogens is 1. The number of nitrogens with zero attached hydrogens (tertiary/aromatic N) is 2. The fraction of sp³-hybridized carbons (Fsp3) is 0.476. The number of hydrogen-bond acceptors (Lipinski definition) is 4. The highest BCUT2D eigenvalue weighted by Crippen LogP contribution is 2.32. The van der Waals surface area contributed by atoms with E-state index in [1.807, 2.05) is 18.2 Å². The number of ether oxygens (including phenoxy) is 2. The Bertz CT molecular complexity index is 799. The van der Waals surface area contributed by atoms with Crippen molar-refractivity contribution in [1.82, 2.24) is 9.88 Å². The summed E-state index contributed by atoms with van der Waals surface area (Å²) in [7, 11) is -0.835. The Morgan fingerprint density at radius 3 is 2.73 bits per heavy atom. The Hall–Kier alpha value is -1.74. The van der Waals surface area contributed by atoms with Crippen molar-refractivity contribution in [3.8, 4) is 16.9 Å². The first-order valence-corrected chi connectivity index (χ1v) is 11.9. The zero-order valence-electron chi connectivity index (χ0n) is 16.0. The van der Waals surface area contributed by atoms with Gasteiger partial charge in [-0.2, -0.15) is 10.0 Å². The Kier molecular flexibility index (Phi) is 6.42. The highest BCUT2D eigenvalue weighted by atomic mass is 32.3. The molecule has 0 atom stereocenters. The van der Waals surface area contributed by atoms with Gasteiger partial charge < -0.3 is 9.47 Å². The average Bonchev–Trinajstić information content (AvgIpc) is 2.63. The van der Waals surface area contributed by atoms with Gasteiger partial charge in [0.25, 0.3) is 0 Å². The van der Waals surface area contributed by atoms with E-state index in [2.05, 4.69) is 52.0 Å². The van der Waals surface area contributed by atoms with E-state index >= 15 is 0 Å². The molecule has 0 spiro atoms. The Morgan fingerprint density at radius 2 is 1.96 bits per heavy atom. The van der Waals surface area contributed by atoms with Crippen molar-refractivity contribution < 1.29 is 9.47 Å². The predicted molar refractivity (Wildman–Crippen MR) is 111 cm³/mol. The molecule has 1 aliphatic rings. The van der Waals surface area contributed by atoms with Crippen LogP contribution in [0.2, 0.25) is 0 Å². The molecule has 3 rings (SSSR count). The first-order chi connectivity index (χ1) is 12.5. The summed E-state index contributed by atoms with van der Waals surface area (Å²) in [6.07, 6.45) is 7.58. The largest absolute Gasteiger partial charge is 0.494 e. The van der Waals surface area contributed by atoms with Crippen LogP contribution < -0.4 is 4.74 Å². The van der Waals surface area contributed by atoms with Crippen LogP contribution in [0, 0.1) is 11.2 Å². The smallest absolute Gasteiger partial charge is 0.120 e. The number of rotatable bonds is 5. The monoisotopic (exact) mass is 372 g/mol. The van der Waals surface area contributed by atoms with Crippen molar-refractivity contribution in [1.29, 1.82) is 0 Å². The van der Waals surface area contributed by atoms with Gasteiger partial charge in [-0.05, 0) is 66.7 Å². The van der Waals surface area contributed by atoms with Crippen LogP contribution >= 0.6 is 10.0 Å². The quantitative estimate of drug-likeness (QED) is 0.596. The molecule has 0 unspecified atom stereocenters. The first kappa shape index (κ1) is 19.0. The van der Waals surface area contributed by atoms with Crippen molar-refractivity contribution in [2.75, 3.05) is 58.2 Å². The number of pyridine rings is 1. The van der Waals surface area contributed by atoms with Crippen LogP contribution in [0.15, 0.2) is 30.3 Å². The molecule has 2 heterocycles. The van der Waals surface area contributed by atoms with Crippen molar-refractivity contribution in [3.05, 3.63) is 36.0 Å². The van der Waals surface area contributed by atoms with Crippen molar-refractivity contribution in [2.24, 2.45) is 0 Å². The van der Waals surface area contributed by atoms with Crippen molar-refractivity contribution in [2.45, 2.75) is 6.42 Å².